The molecule has 1 N–H and O–H groups in total. The highest BCUT2D eigenvalue weighted by atomic mass is 15.2. The number of nitrogens with zero attached hydrogens (tertiary/aromatic N) is 1. The summed E-state index contributed by atoms with van der Waals surface area (Å²) in [5.74, 6) is 0.767. The number of hydrogen-bond donors (Lipinski definition) is 1. The third-order valence-electron chi connectivity index (χ3n) is 4.11. The quantitative estimate of drug-likeness (QED) is 0.912. The number of anilines is 1. The first kappa shape index (κ1) is 13.2. The van der Waals surface area contributed by atoms with Crippen LogP contribution in [-0.4, -0.2) is 26.7 Å². The van der Waals surface area contributed by atoms with Crippen molar-refractivity contribution in [3.63, 3.8) is 0 Å². The molecule has 1 fully saturated rings. The fraction of sp³-hybridized carbons (Fsp3) is 0.333. The topological polar surface area (TPSA) is 15.3 Å². The number of hydrogen-bond acceptors (Lipinski definition) is 2. The molecular weight excluding hydrogens is 244 g/mol. The van der Waals surface area contributed by atoms with E-state index in [1.165, 1.54) is 23.2 Å². The average molecular weight is 266 g/mol. The van der Waals surface area contributed by atoms with Gasteiger partial charge in [0.1, 0.15) is 0 Å². The zero-order valence-corrected chi connectivity index (χ0v) is 12.0. The van der Waals surface area contributed by atoms with Crippen molar-refractivity contribution < 1.29 is 0 Å². The summed E-state index contributed by atoms with van der Waals surface area (Å²) >= 11 is 0. The van der Waals surface area contributed by atoms with Gasteiger partial charge in [-0.2, -0.15) is 0 Å². The van der Waals surface area contributed by atoms with E-state index in [4.69, 9.17) is 0 Å². The van der Waals surface area contributed by atoms with E-state index in [0.717, 1.165) is 25.6 Å². The molecule has 1 aliphatic heterocycles. The Kier molecular flexibility index (Phi) is 4.03. The molecule has 20 heavy (non-hydrogen) atoms. The van der Waals surface area contributed by atoms with Gasteiger partial charge in [0.05, 0.1) is 0 Å². The van der Waals surface area contributed by atoms with E-state index in [0.29, 0.717) is 0 Å². The highest BCUT2D eigenvalue weighted by molar-refractivity contribution is 5.78. The van der Waals surface area contributed by atoms with Gasteiger partial charge < -0.3 is 10.2 Å². The van der Waals surface area contributed by atoms with Crippen LogP contribution in [0.1, 0.15) is 6.42 Å². The molecule has 3 rings (SSSR count). The van der Waals surface area contributed by atoms with Gasteiger partial charge in [-0.3, -0.25) is 0 Å². The minimum Gasteiger partial charge on any atom is -0.371 e. The van der Waals surface area contributed by atoms with Crippen LogP contribution in [0.2, 0.25) is 0 Å². The smallest absolute Gasteiger partial charge is 0.0445 e. The van der Waals surface area contributed by atoms with Gasteiger partial charge in [-0.25, -0.2) is 0 Å². The van der Waals surface area contributed by atoms with Crippen molar-refractivity contribution in [2.45, 2.75) is 6.42 Å². The summed E-state index contributed by atoms with van der Waals surface area (Å²) in [4.78, 5) is 2.53. The Morgan fingerprint density at radius 1 is 1.05 bits per heavy atom. The molecule has 0 aromatic heterocycles. The molecule has 0 spiro atoms. The zero-order valence-electron chi connectivity index (χ0n) is 12.0. The first-order valence-electron chi connectivity index (χ1n) is 7.42. The van der Waals surface area contributed by atoms with Crippen molar-refractivity contribution in [1.29, 1.82) is 0 Å². The van der Waals surface area contributed by atoms with Crippen molar-refractivity contribution in [2.75, 3.05) is 31.6 Å². The Morgan fingerprint density at radius 2 is 1.80 bits per heavy atom. The fourth-order valence-corrected chi connectivity index (χ4v) is 3.12. The standard InChI is InChI=1S/C18H22N2/c1-19-13-15-11-12-20(14-15)18-10-6-5-9-17(18)16-7-3-2-4-8-16/h2-10,15,19H,11-14H2,1H3. The normalized spacial score (nSPS) is 18.4. The van der Waals surface area contributed by atoms with Gasteiger partial charge in [0.25, 0.3) is 0 Å². The molecule has 2 heteroatoms. The van der Waals surface area contributed by atoms with Crippen LogP contribution in [0.25, 0.3) is 11.1 Å². The molecule has 2 aromatic carbocycles. The number of benzene rings is 2. The van der Waals surface area contributed by atoms with Gasteiger partial charge in [-0.15, -0.1) is 0 Å². The summed E-state index contributed by atoms with van der Waals surface area (Å²) in [6.07, 6.45) is 1.28. The van der Waals surface area contributed by atoms with E-state index in [2.05, 4.69) is 64.8 Å². The van der Waals surface area contributed by atoms with Gasteiger partial charge in [-0.1, -0.05) is 48.5 Å². The lowest BCUT2D eigenvalue weighted by atomic mass is 10.0. The summed E-state index contributed by atoms with van der Waals surface area (Å²) in [6.45, 7) is 3.44. The minimum atomic E-state index is 0.767. The van der Waals surface area contributed by atoms with E-state index in [-0.39, 0.29) is 0 Å². The van der Waals surface area contributed by atoms with Gasteiger partial charge in [0, 0.05) is 24.3 Å². The van der Waals surface area contributed by atoms with Crippen molar-refractivity contribution in [3.8, 4) is 11.1 Å². The largest absolute Gasteiger partial charge is 0.371 e. The van der Waals surface area contributed by atoms with Crippen molar-refractivity contribution in [2.24, 2.45) is 5.92 Å². The maximum absolute atomic E-state index is 3.30. The SMILES string of the molecule is CNCC1CCN(c2ccccc2-c2ccccc2)C1. The van der Waals surface area contributed by atoms with Crippen LogP contribution in [0, 0.1) is 5.92 Å². The first-order valence-corrected chi connectivity index (χ1v) is 7.42. The maximum atomic E-state index is 3.30. The first-order chi connectivity index (χ1) is 9.88. The summed E-state index contributed by atoms with van der Waals surface area (Å²) in [5, 5.41) is 3.30. The lowest BCUT2D eigenvalue weighted by molar-refractivity contribution is 0.549. The van der Waals surface area contributed by atoms with E-state index in [1.54, 1.807) is 0 Å². The van der Waals surface area contributed by atoms with Crippen LogP contribution >= 0.6 is 0 Å². The zero-order chi connectivity index (χ0) is 13.8. The highest BCUT2D eigenvalue weighted by Gasteiger charge is 2.23. The second-order valence-electron chi connectivity index (χ2n) is 5.54. The van der Waals surface area contributed by atoms with Crippen LogP contribution in [0.15, 0.2) is 54.6 Å². The fourth-order valence-electron chi connectivity index (χ4n) is 3.12. The minimum absolute atomic E-state index is 0.767. The third kappa shape index (κ3) is 2.70. The summed E-state index contributed by atoms with van der Waals surface area (Å²) in [5.41, 5.74) is 4.02. The van der Waals surface area contributed by atoms with E-state index in [9.17, 15) is 0 Å². The predicted molar refractivity (Wildman–Crippen MR) is 86.1 cm³/mol. The Hall–Kier alpha value is -1.80. The molecule has 0 bridgehead atoms. The molecule has 0 amide bonds. The van der Waals surface area contributed by atoms with E-state index < -0.39 is 0 Å². The summed E-state index contributed by atoms with van der Waals surface area (Å²) < 4.78 is 0. The van der Waals surface area contributed by atoms with E-state index in [1.807, 2.05) is 7.05 Å². The predicted octanol–water partition coefficient (Wildman–Crippen LogP) is 3.40. The summed E-state index contributed by atoms with van der Waals surface area (Å²) in [6, 6.07) is 19.4. The van der Waals surface area contributed by atoms with E-state index >= 15 is 0 Å². The average Bonchev–Trinajstić information content (AvgIpc) is 2.97. The van der Waals surface area contributed by atoms with Crippen LogP contribution in [0.5, 0.6) is 0 Å². The number of nitrogens with one attached hydrogen (secondary N) is 1. The van der Waals surface area contributed by atoms with Crippen molar-refractivity contribution in [3.05, 3.63) is 54.6 Å². The maximum Gasteiger partial charge on any atom is 0.0445 e. The van der Waals surface area contributed by atoms with Crippen LogP contribution < -0.4 is 10.2 Å². The Labute approximate surface area is 121 Å². The monoisotopic (exact) mass is 266 g/mol. The van der Waals surface area contributed by atoms with Crippen LogP contribution in [0.4, 0.5) is 5.69 Å². The lowest BCUT2D eigenvalue weighted by Gasteiger charge is -2.22. The molecule has 1 aliphatic rings. The number of para-hydroxylation sites is 1. The summed E-state index contributed by atoms with van der Waals surface area (Å²) in [7, 11) is 2.04. The van der Waals surface area contributed by atoms with Gasteiger partial charge in [0.2, 0.25) is 0 Å². The van der Waals surface area contributed by atoms with Gasteiger partial charge in [0.15, 0.2) is 0 Å². The molecular formula is C18H22N2. The Morgan fingerprint density at radius 3 is 2.60 bits per heavy atom. The van der Waals surface area contributed by atoms with Gasteiger partial charge >= 0.3 is 0 Å². The Balaban J connectivity index is 1.88. The molecule has 0 aliphatic carbocycles. The molecule has 1 heterocycles. The lowest BCUT2D eigenvalue weighted by Crippen LogP contribution is -2.24. The molecule has 2 nitrogen and oxygen atoms in total. The molecule has 0 saturated carbocycles. The van der Waals surface area contributed by atoms with Gasteiger partial charge in [-0.05, 0) is 37.6 Å². The second kappa shape index (κ2) is 6.10. The molecule has 104 valence electrons. The highest BCUT2D eigenvalue weighted by Crippen LogP contribution is 2.33. The molecule has 2 aromatic rings. The van der Waals surface area contributed by atoms with Crippen molar-refractivity contribution in [1.82, 2.24) is 5.32 Å². The van der Waals surface area contributed by atoms with Crippen LogP contribution in [-0.2, 0) is 0 Å². The molecule has 1 atom stereocenters. The Bertz CT molecular complexity index is 550. The second-order valence-corrected chi connectivity index (χ2v) is 5.54. The van der Waals surface area contributed by atoms with Crippen molar-refractivity contribution >= 4 is 5.69 Å². The molecule has 0 radical (unpaired) electrons. The third-order valence-corrected chi connectivity index (χ3v) is 4.11. The van der Waals surface area contributed by atoms with Crippen LogP contribution in [0.3, 0.4) is 0 Å². The molecule has 1 unspecified atom stereocenters. The number of rotatable bonds is 4. The molecule has 1 saturated heterocycles.